The standard InChI is InChI=1S/C84H163NO5/c1-3-5-7-9-11-13-15-17-19-21-23-37-41-44-48-52-56-60-64-68-72-76-82(87)81(80-86)85-83(88)77-73-69-65-61-57-53-49-45-42-38-35-33-31-29-27-25-24-26-28-30-32-34-36-39-43-47-51-55-59-63-67-71-75-79-90-84(89)78-74-70-66-62-58-54-50-46-40-22-20-18-16-14-12-10-8-6-4-2/h28,30,72,76,81-82,86-87H,3-27,29,31-71,73-75,77-80H2,1-2H3,(H,85,88)/b30-28-,76-72+. The van der Waals surface area contributed by atoms with Gasteiger partial charge in [-0.25, -0.2) is 0 Å². The lowest BCUT2D eigenvalue weighted by Gasteiger charge is -2.20. The normalized spacial score (nSPS) is 12.5. The Morgan fingerprint density at radius 2 is 0.522 bits per heavy atom. The topological polar surface area (TPSA) is 95.9 Å². The number of ether oxygens (including phenoxy) is 1. The zero-order valence-corrected chi connectivity index (χ0v) is 61.4. The van der Waals surface area contributed by atoms with Crippen LogP contribution in [0.25, 0.3) is 0 Å². The van der Waals surface area contributed by atoms with E-state index in [1.54, 1.807) is 6.08 Å². The number of rotatable bonds is 79. The van der Waals surface area contributed by atoms with Crippen LogP contribution in [-0.4, -0.2) is 47.4 Å². The first-order valence-electron chi connectivity index (χ1n) is 41.6. The summed E-state index contributed by atoms with van der Waals surface area (Å²) in [5.41, 5.74) is 0. The molecule has 0 radical (unpaired) electrons. The van der Waals surface area contributed by atoms with E-state index in [-0.39, 0.29) is 18.5 Å². The zero-order chi connectivity index (χ0) is 64.9. The minimum atomic E-state index is -0.843. The lowest BCUT2D eigenvalue weighted by atomic mass is 10.0. The second kappa shape index (κ2) is 79.8. The molecule has 0 aliphatic heterocycles. The van der Waals surface area contributed by atoms with E-state index >= 15 is 0 Å². The second-order valence-electron chi connectivity index (χ2n) is 28.8. The van der Waals surface area contributed by atoms with Crippen molar-refractivity contribution in [2.24, 2.45) is 0 Å². The highest BCUT2D eigenvalue weighted by molar-refractivity contribution is 5.76. The monoisotopic (exact) mass is 1270 g/mol. The molecule has 534 valence electrons. The third kappa shape index (κ3) is 75.4. The van der Waals surface area contributed by atoms with Gasteiger partial charge in [0.15, 0.2) is 0 Å². The number of carbonyl (C=O) groups excluding carboxylic acids is 2. The van der Waals surface area contributed by atoms with Gasteiger partial charge in [0.2, 0.25) is 5.91 Å². The van der Waals surface area contributed by atoms with E-state index in [0.29, 0.717) is 19.4 Å². The number of amides is 1. The summed E-state index contributed by atoms with van der Waals surface area (Å²) < 4.78 is 5.52. The summed E-state index contributed by atoms with van der Waals surface area (Å²) in [4.78, 5) is 24.7. The van der Waals surface area contributed by atoms with Crippen molar-refractivity contribution in [3.05, 3.63) is 24.3 Å². The van der Waals surface area contributed by atoms with Crippen LogP contribution in [-0.2, 0) is 14.3 Å². The minimum absolute atomic E-state index is 0.0244. The summed E-state index contributed by atoms with van der Waals surface area (Å²) in [7, 11) is 0. The van der Waals surface area contributed by atoms with E-state index in [0.717, 1.165) is 38.5 Å². The van der Waals surface area contributed by atoms with E-state index in [1.807, 2.05) is 6.08 Å². The van der Waals surface area contributed by atoms with Crippen LogP contribution >= 0.6 is 0 Å². The van der Waals surface area contributed by atoms with Gasteiger partial charge in [-0.2, -0.15) is 0 Å². The molecule has 2 unspecified atom stereocenters. The summed E-state index contributed by atoms with van der Waals surface area (Å²) in [5.74, 6) is -0.0354. The summed E-state index contributed by atoms with van der Waals surface area (Å²) in [6.45, 7) is 4.97. The van der Waals surface area contributed by atoms with E-state index in [1.165, 1.54) is 411 Å². The molecule has 0 saturated carbocycles. The van der Waals surface area contributed by atoms with Crippen molar-refractivity contribution in [2.45, 2.75) is 488 Å². The van der Waals surface area contributed by atoms with Gasteiger partial charge in [-0.05, 0) is 57.8 Å². The fourth-order valence-corrected chi connectivity index (χ4v) is 13.4. The minimum Gasteiger partial charge on any atom is -0.466 e. The molecule has 6 nitrogen and oxygen atoms in total. The molecule has 3 N–H and O–H groups in total. The molecule has 0 aromatic heterocycles. The lowest BCUT2D eigenvalue weighted by molar-refractivity contribution is -0.143. The van der Waals surface area contributed by atoms with Gasteiger partial charge in [0, 0.05) is 12.8 Å². The van der Waals surface area contributed by atoms with Crippen molar-refractivity contribution in [3.8, 4) is 0 Å². The maximum atomic E-state index is 12.5. The molecule has 2 atom stereocenters. The Morgan fingerprint density at radius 3 is 0.789 bits per heavy atom. The largest absolute Gasteiger partial charge is 0.466 e. The molecular weight excluding hydrogens is 1100 g/mol. The molecule has 0 saturated heterocycles. The van der Waals surface area contributed by atoms with E-state index in [9.17, 15) is 19.8 Å². The second-order valence-corrected chi connectivity index (χ2v) is 28.8. The number of aliphatic hydroxyl groups is 2. The van der Waals surface area contributed by atoms with Crippen LogP contribution in [0.15, 0.2) is 24.3 Å². The van der Waals surface area contributed by atoms with Gasteiger partial charge in [0.25, 0.3) is 0 Å². The highest BCUT2D eigenvalue weighted by atomic mass is 16.5. The SMILES string of the molecule is CCCCCCCCCCCCCCCCCCCCC/C=C/C(O)C(CO)NC(=O)CCCCCCCCCCCCCCCCCCC/C=C\CCCCCCCCCCCCCCOC(=O)CCCCCCCCCCCCCCCCCCCCC. The van der Waals surface area contributed by atoms with Crippen LogP contribution in [0, 0.1) is 0 Å². The van der Waals surface area contributed by atoms with Crippen LogP contribution in [0.1, 0.15) is 476 Å². The van der Waals surface area contributed by atoms with Gasteiger partial charge >= 0.3 is 5.97 Å². The van der Waals surface area contributed by atoms with Crippen LogP contribution in [0.4, 0.5) is 0 Å². The Labute approximate surface area is 564 Å². The number of hydrogen-bond donors (Lipinski definition) is 3. The molecule has 0 rings (SSSR count). The molecule has 1 amide bonds. The molecule has 0 aliphatic rings. The van der Waals surface area contributed by atoms with E-state index < -0.39 is 12.1 Å². The molecule has 0 spiro atoms. The van der Waals surface area contributed by atoms with E-state index in [4.69, 9.17) is 4.74 Å². The summed E-state index contributed by atoms with van der Waals surface area (Å²) in [6, 6.07) is -0.626. The molecule has 0 aromatic carbocycles. The molecule has 90 heavy (non-hydrogen) atoms. The van der Waals surface area contributed by atoms with Gasteiger partial charge < -0.3 is 20.3 Å². The maximum Gasteiger partial charge on any atom is 0.305 e. The van der Waals surface area contributed by atoms with Crippen LogP contribution < -0.4 is 5.32 Å². The molecule has 0 fully saturated rings. The Hall–Kier alpha value is -1.66. The quantitative estimate of drug-likeness (QED) is 0.0320. The Balaban J connectivity index is 3.35. The fraction of sp³-hybridized carbons (Fsp3) is 0.929. The highest BCUT2D eigenvalue weighted by Crippen LogP contribution is 2.20. The van der Waals surface area contributed by atoms with Crippen molar-refractivity contribution < 1.29 is 24.5 Å². The van der Waals surface area contributed by atoms with E-state index in [2.05, 4.69) is 31.3 Å². The summed E-state index contributed by atoms with van der Waals surface area (Å²) in [5, 5.41) is 23.3. The average molecular weight is 1270 g/mol. The number of allylic oxidation sites excluding steroid dienone is 3. The first-order valence-corrected chi connectivity index (χ1v) is 41.6. The predicted molar refractivity (Wildman–Crippen MR) is 398 cm³/mol. The Bertz CT molecular complexity index is 1410. The molecule has 0 aromatic rings. The predicted octanol–water partition coefficient (Wildman–Crippen LogP) is 27.6. The Kier molecular flexibility index (Phi) is 78.3. The average Bonchev–Trinajstić information content (AvgIpc) is 3.59. The van der Waals surface area contributed by atoms with Gasteiger partial charge in [-0.15, -0.1) is 0 Å². The fourth-order valence-electron chi connectivity index (χ4n) is 13.4. The number of esters is 1. The summed E-state index contributed by atoms with van der Waals surface area (Å²) >= 11 is 0. The summed E-state index contributed by atoms with van der Waals surface area (Å²) in [6.07, 6.45) is 103. The third-order valence-electron chi connectivity index (χ3n) is 19.7. The van der Waals surface area contributed by atoms with Crippen LogP contribution in [0.5, 0.6) is 0 Å². The van der Waals surface area contributed by atoms with Crippen molar-refractivity contribution in [2.75, 3.05) is 13.2 Å². The third-order valence-corrected chi connectivity index (χ3v) is 19.7. The molecular formula is C84H163NO5. The smallest absolute Gasteiger partial charge is 0.305 e. The van der Waals surface area contributed by atoms with Crippen molar-refractivity contribution in [1.29, 1.82) is 0 Å². The zero-order valence-electron chi connectivity index (χ0n) is 61.4. The van der Waals surface area contributed by atoms with Gasteiger partial charge in [-0.3, -0.25) is 9.59 Å². The first-order chi connectivity index (χ1) is 44.5. The lowest BCUT2D eigenvalue weighted by Crippen LogP contribution is -2.45. The number of carbonyl (C=O) groups is 2. The Morgan fingerprint density at radius 1 is 0.300 bits per heavy atom. The number of unbranched alkanes of at least 4 members (excludes halogenated alkanes) is 66. The number of aliphatic hydroxyl groups excluding tert-OH is 2. The van der Waals surface area contributed by atoms with Crippen molar-refractivity contribution >= 4 is 11.9 Å². The molecule has 0 aliphatic carbocycles. The van der Waals surface area contributed by atoms with Gasteiger partial charge in [0.1, 0.15) is 0 Å². The van der Waals surface area contributed by atoms with Gasteiger partial charge in [-0.1, -0.05) is 430 Å². The molecule has 0 heterocycles. The maximum absolute atomic E-state index is 12.5. The van der Waals surface area contributed by atoms with Gasteiger partial charge in [0.05, 0.1) is 25.4 Å². The number of nitrogens with one attached hydrogen (secondary N) is 1. The molecule has 6 heteroatoms. The number of hydrogen-bond acceptors (Lipinski definition) is 5. The van der Waals surface area contributed by atoms with Crippen LogP contribution in [0.2, 0.25) is 0 Å². The van der Waals surface area contributed by atoms with Crippen LogP contribution in [0.3, 0.4) is 0 Å². The first kappa shape index (κ1) is 88.3. The van der Waals surface area contributed by atoms with Crippen molar-refractivity contribution in [3.63, 3.8) is 0 Å². The highest BCUT2D eigenvalue weighted by Gasteiger charge is 2.18. The van der Waals surface area contributed by atoms with Crippen molar-refractivity contribution in [1.82, 2.24) is 5.32 Å². The molecule has 0 bridgehead atoms.